The lowest BCUT2D eigenvalue weighted by molar-refractivity contribution is 0.666. The Morgan fingerprint density at radius 3 is 1.72 bits per heavy atom. The highest BCUT2D eigenvalue weighted by Gasteiger charge is 2.37. The van der Waals surface area contributed by atoms with Crippen molar-refractivity contribution in [3.63, 3.8) is 0 Å². The molecule has 1 aliphatic carbocycles. The van der Waals surface area contributed by atoms with Gasteiger partial charge in [0.15, 0.2) is 17.5 Å². The summed E-state index contributed by atoms with van der Waals surface area (Å²) >= 11 is 0. The molecule has 0 N–H and O–H groups in total. The number of pyridine rings is 1. The molecule has 53 heavy (non-hydrogen) atoms. The quantitative estimate of drug-likeness (QED) is 0.180. The van der Waals surface area contributed by atoms with Crippen molar-refractivity contribution in [3.8, 4) is 79.7 Å². The second kappa shape index (κ2) is 12.5. The van der Waals surface area contributed by atoms with Crippen molar-refractivity contribution in [2.45, 2.75) is 19.3 Å². The first kappa shape index (κ1) is 31.7. The number of fused-ring (bicyclic) bond motifs is 5. The third-order valence-electron chi connectivity index (χ3n) is 10.2. The summed E-state index contributed by atoms with van der Waals surface area (Å²) in [5.41, 5.74) is 11.9. The van der Waals surface area contributed by atoms with Crippen molar-refractivity contribution in [2.24, 2.45) is 0 Å². The molecule has 0 saturated heterocycles. The van der Waals surface area contributed by atoms with Gasteiger partial charge >= 0.3 is 0 Å². The summed E-state index contributed by atoms with van der Waals surface area (Å²) in [6, 6.07) is 49.4. The van der Waals surface area contributed by atoms with Crippen LogP contribution in [-0.4, -0.2) is 19.9 Å². The second-order valence-electron chi connectivity index (χ2n) is 13.8. The van der Waals surface area contributed by atoms with Gasteiger partial charge in [-0.3, -0.25) is 4.98 Å². The molecular formula is C47H30N6. The Morgan fingerprint density at radius 2 is 1.09 bits per heavy atom. The number of benzene rings is 6. The van der Waals surface area contributed by atoms with Gasteiger partial charge in [-0.05, 0) is 92.2 Å². The van der Waals surface area contributed by atoms with Crippen LogP contribution in [0.25, 0.3) is 78.3 Å². The number of hydrogen-bond donors (Lipinski definition) is 0. The third-order valence-corrected chi connectivity index (χ3v) is 10.2. The Kier molecular flexibility index (Phi) is 7.47. The lowest BCUT2D eigenvalue weighted by atomic mass is 9.79. The number of aromatic nitrogens is 4. The molecular weight excluding hydrogens is 649 g/mol. The first-order valence-electron chi connectivity index (χ1n) is 17.4. The zero-order valence-electron chi connectivity index (χ0n) is 29.0. The Morgan fingerprint density at radius 1 is 0.491 bits per heavy atom. The van der Waals surface area contributed by atoms with Gasteiger partial charge in [0.2, 0.25) is 0 Å². The maximum Gasteiger partial charge on any atom is 0.164 e. The number of nitrogens with zero attached hydrogens (tertiary/aromatic N) is 6. The molecule has 9 rings (SSSR count). The maximum absolute atomic E-state index is 9.95. The minimum absolute atomic E-state index is 0.395. The summed E-state index contributed by atoms with van der Waals surface area (Å²) in [6.45, 7) is 4.45. The molecule has 0 radical (unpaired) electrons. The zero-order chi connectivity index (χ0) is 36.1. The molecule has 0 aliphatic heterocycles. The molecule has 2 aromatic heterocycles. The topological polar surface area (TPSA) is 99.1 Å². The molecule has 0 atom stereocenters. The number of nitriles is 2. The van der Waals surface area contributed by atoms with E-state index in [1.54, 1.807) is 12.3 Å². The minimum atomic E-state index is -0.395. The largest absolute Gasteiger partial charge is 0.264 e. The van der Waals surface area contributed by atoms with Gasteiger partial charge in [0.1, 0.15) is 0 Å². The van der Waals surface area contributed by atoms with Gasteiger partial charge in [-0.2, -0.15) is 10.5 Å². The standard InChI is InChI=1S/C47H30N6/c1-47(2)42-25-32(15-16-39(42)40-18-17-38-37(27-49)20-29(26-48)21-41(38)43(40)47)34-22-35(33-14-9-19-50-28-33)24-36(23-34)46-52-44(30-10-5-3-6-11-30)51-45(53-46)31-12-7-4-8-13-31/h3-25,28H,1-2H3. The first-order chi connectivity index (χ1) is 25.9. The van der Waals surface area contributed by atoms with Gasteiger partial charge in [-0.15, -0.1) is 0 Å². The van der Waals surface area contributed by atoms with Gasteiger partial charge in [0, 0.05) is 40.1 Å². The fourth-order valence-electron chi connectivity index (χ4n) is 7.66. The second-order valence-corrected chi connectivity index (χ2v) is 13.8. The molecule has 0 fully saturated rings. The van der Waals surface area contributed by atoms with Crippen LogP contribution in [0, 0.1) is 22.7 Å². The predicted molar refractivity (Wildman–Crippen MR) is 209 cm³/mol. The Labute approximate surface area is 307 Å². The van der Waals surface area contributed by atoms with E-state index in [0.29, 0.717) is 28.6 Å². The van der Waals surface area contributed by atoms with E-state index in [4.69, 9.17) is 15.0 Å². The summed E-state index contributed by atoms with van der Waals surface area (Å²) in [7, 11) is 0. The summed E-state index contributed by atoms with van der Waals surface area (Å²) in [4.78, 5) is 19.4. The van der Waals surface area contributed by atoms with Crippen LogP contribution in [0.3, 0.4) is 0 Å². The van der Waals surface area contributed by atoms with Crippen LogP contribution in [-0.2, 0) is 5.41 Å². The summed E-state index contributed by atoms with van der Waals surface area (Å²) in [6.07, 6.45) is 3.65. The molecule has 8 aromatic rings. The summed E-state index contributed by atoms with van der Waals surface area (Å²) in [5.74, 6) is 1.78. The molecule has 0 saturated carbocycles. The van der Waals surface area contributed by atoms with Crippen LogP contribution in [0.5, 0.6) is 0 Å². The van der Waals surface area contributed by atoms with Gasteiger partial charge in [-0.1, -0.05) is 105 Å². The molecule has 6 heteroatoms. The first-order valence-corrected chi connectivity index (χ1v) is 17.4. The Hall–Kier alpha value is -7.28. The minimum Gasteiger partial charge on any atom is -0.264 e. The molecule has 0 bridgehead atoms. The SMILES string of the molecule is CC1(C)c2cc(-c3cc(-c4cccnc4)cc(-c4nc(-c5ccccc5)nc(-c5ccccc5)n4)c3)ccc2-c2ccc3c(C#N)cc(C#N)cc3c21. The average molecular weight is 679 g/mol. The van der Waals surface area contributed by atoms with E-state index in [0.717, 1.165) is 66.4 Å². The van der Waals surface area contributed by atoms with Crippen LogP contribution in [0.2, 0.25) is 0 Å². The monoisotopic (exact) mass is 678 g/mol. The zero-order valence-corrected chi connectivity index (χ0v) is 29.0. The van der Waals surface area contributed by atoms with Crippen molar-refractivity contribution >= 4 is 10.8 Å². The van der Waals surface area contributed by atoms with Gasteiger partial charge in [0.05, 0.1) is 23.3 Å². The molecule has 0 unspecified atom stereocenters. The Balaban J connectivity index is 1.23. The third kappa shape index (κ3) is 5.42. The van der Waals surface area contributed by atoms with Crippen LogP contribution in [0.4, 0.5) is 0 Å². The highest BCUT2D eigenvalue weighted by Crippen LogP contribution is 2.52. The highest BCUT2D eigenvalue weighted by atomic mass is 15.0. The molecule has 1 aliphatic rings. The smallest absolute Gasteiger partial charge is 0.164 e. The molecule has 6 nitrogen and oxygen atoms in total. The van der Waals surface area contributed by atoms with Crippen molar-refractivity contribution in [2.75, 3.05) is 0 Å². The number of rotatable bonds is 5. The highest BCUT2D eigenvalue weighted by molar-refractivity contribution is 6.01. The van der Waals surface area contributed by atoms with Crippen molar-refractivity contribution < 1.29 is 0 Å². The normalized spacial score (nSPS) is 12.5. The van der Waals surface area contributed by atoms with E-state index in [1.165, 1.54) is 5.56 Å². The van der Waals surface area contributed by atoms with Crippen LogP contribution < -0.4 is 0 Å². The van der Waals surface area contributed by atoms with Crippen LogP contribution >= 0.6 is 0 Å². The molecule has 0 spiro atoms. The van der Waals surface area contributed by atoms with E-state index in [2.05, 4.69) is 79.5 Å². The fraction of sp³-hybridized carbons (Fsp3) is 0.0638. The van der Waals surface area contributed by atoms with E-state index in [-0.39, 0.29) is 0 Å². The summed E-state index contributed by atoms with van der Waals surface area (Å²) in [5, 5.41) is 21.6. The van der Waals surface area contributed by atoms with Gasteiger partial charge in [0.25, 0.3) is 0 Å². The lowest BCUT2D eigenvalue weighted by Gasteiger charge is -2.24. The average Bonchev–Trinajstić information content (AvgIpc) is 3.46. The maximum atomic E-state index is 9.95. The Bertz CT molecular complexity index is 2760. The van der Waals surface area contributed by atoms with E-state index in [9.17, 15) is 10.5 Å². The molecule has 6 aromatic carbocycles. The van der Waals surface area contributed by atoms with E-state index in [1.807, 2.05) is 85.1 Å². The molecule has 2 heterocycles. The number of hydrogen-bond acceptors (Lipinski definition) is 6. The van der Waals surface area contributed by atoms with Crippen molar-refractivity contribution in [1.82, 2.24) is 19.9 Å². The predicted octanol–water partition coefficient (Wildman–Crippen LogP) is 10.8. The van der Waals surface area contributed by atoms with E-state index >= 15 is 0 Å². The van der Waals surface area contributed by atoms with Gasteiger partial charge in [-0.25, -0.2) is 15.0 Å². The summed E-state index contributed by atoms with van der Waals surface area (Å²) < 4.78 is 0. The van der Waals surface area contributed by atoms with Gasteiger partial charge < -0.3 is 0 Å². The van der Waals surface area contributed by atoms with Crippen LogP contribution in [0.1, 0.15) is 36.1 Å². The molecule has 0 amide bonds. The van der Waals surface area contributed by atoms with E-state index < -0.39 is 5.41 Å². The lowest BCUT2D eigenvalue weighted by Crippen LogP contribution is -2.15. The molecule has 248 valence electrons. The van der Waals surface area contributed by atoms with Crippen molar-refractivity contribution in [3.05, 3.63) is 168 Å². The fourth-order valence-corrected chi connectivity index (χ4v) is 7.66. The van der Waals surface area contributed by atoms with Crippen LogP contribution in [0.15, 0.2) is 146 Å². The van der Waals surface area contributed by atoms with Crippen molar-refractivity contribution in [1.29, 1.82) is 10.5 Å².